The Morgan fingerprint density at radius 3 is 1.66 bits per heavy atom. The number of alkyl halides is 2. The number of allylic oxidation sites excluding steroid dienone is 3. The standard InChI is InChI=1S/C21H27BN2O4.C13H18BNO3.C9H9ClO.C6H15N.CH2Cl2/c1-13-8-14(2)10-17(9-13)20(26)24(21(3,4)5)23-19(25)15-6-7-16-12-28-22(27)18(16)11-15;1-13(2,3)15-7-12(16)9-4-5-10-8-18-14(17)11(10)6-9;1-6-3-7(2)5-8(4-6)9(10)11;1-4-7(5-2)6-3;2-1-3/h6-9,11,14,27H,10,12H2,1-5H3,(H,23,25);4-6,15,17H,7-8H2,1-3H3;3-5H,1-2H3;4-6H2,1-3H3;1H2. The average molecular weight is 984 g/mol. The molecule has 1 atom stereocenters. The molecule has 3 aromatic rings. The molecule has 3 aliphatic rings. The van der Waals surface area contributed by atoms with Gasteiger partial charge in [0.2, 0.25) is 0 Å². The molecule has 6 rings (SSSR count). The minimum absolute atomic E-state index is 0.0202. The number of benzene rings is 3. The Morgan fingerprint density at radius 2 is 1.24 bits per heavy atom. The molecule has 1 unspecified atom stereocenters. The van der Waals surface area contributed by atoms with Crippen LogP contribution in [0.3, 0.4) is 0 Å². The van der Waals surface area contributed by atoms with Crippen LogP contribution in [-0.2, 0) is 27.3 Å². The second-order valence-electron chi connectivity index (χ2n) is 18.6. The second kappa shape index (κ2) is 28.0. The van der Waals surface area contributed by atoms with Gasteiger partial charge in [0, 0.05) is 27.8 Å². The second-order valence-corrected chi connectivity index (χ2v) is 19.7. The minimum Gasteiger partial charge on any atom is -0.423 e. The lowest BCUT2D eigenvalue weighted by Crippen LogP contribution is -2.56. The summed E-state index contributed by atoms with van der Waals surface area (Å²) in [6.07, 6.45) is 4.66. The fourth-order valence-corrected chi connectivity index (χ4v) is 7.28. The Kier molecular flexibility index (Phi) is 24.8. The highest BCUT2D eigenvalue weighted by atomic mass is 35.5. The van der Waals surface area contributed by atoms with Crippen LogP contribution in [0, 0.1) is 19.8 Å². The largest absolute Gasteiger partial charge is 0.491 e. The molecule has 0 spiro atoms. The summed E-state index contributed by atoms with van der Waals surface area (Å²) in [5, 5.41) is 23.8. The Balaban J connectivity index is 0.000000337. The van der Waals surface area contributed by atoms with Crippen molar-refractivity contribution < 1.29 is 38.5 Å². The monoisotopic (exact) mass is 982 g/mol. The zero-order valence-electron chi connectivity index (χ0n) is 41.6. The number of nitrogens with zero attached hydrogens (tertiary/aromatic N) is 2. The fraction of sp³-hybridized carbons (Fsp3) is 0.480. The number of fused-ring (bicyclic) bond motifs is 2. The van der Waals surface area contributed by atoms with Crippen LogP contribution >= 0.6 is 34.8 Å². The summed E-state index contributed by atoms with van der Waals surface area (Å²) in [5.74, 6) is -0.307. The topological polar surface area (TPSA) is 158 Å². The van der Waals surface area contributed by atoms with Crippen molar-refractivity contribution in [2.24, 2.45) is 5.92 Å². The molecule has 0 saturated carbocycles. The van der Waals surface area contributed by atoms with Gasteiger partial charge in [-0.25, -0.2) is 5.01 Å². The van der Waals surface area contributed by atoms with Gasteiger partial charge >= 0.3 is 14.2 Å². The summed E-state index contributed by atoms with van der Waals surface area (Å²) in [6.45, 7) is 30.7. The number of aryl methyl sites for hydroxylation is 2. The maximum atomic E-state index is 13.2. The number of rotatable bonds is 9. The Hall–Kier alpha value is -3.82. The van der Waals surface area contributed by atoms with E-state index in [2.05, 4.69) is 49.4 Å². The molecule has 2 aliphatic heterocycles. The molecule has 4 N–H and O–H groups in total. The molecule has 0 aromatic heterocycles. The predicted octanol–water partition coefficient (Wildman–Crippen LogP) is 8.02. The van der Waals surface area contributed by atoms with Gasteiger partial charge in [-0.2, -0.15) is 0 Å². The Morgan fingerprint density at radius 1 is 0.761 bits per heavy atom. The van der Waals surface area contributed by atoms with Gasteiger partial charge in [0.15, 0.2) is 5.78 Å². The number of hydrogen-bond acceptors (Lipinski definition) is 10. The van der Waals surface area contributed by atoms with Gasteiger partial charge in [-0.15, -0.1) is 23.2 Å². The highest BCUT2D eigenvalue weighted by Gasteiger charge is 2.33. The van der Waals surface area contributed by atoms with Gasteiger partial charge in [0.25, 0.3) is 17.1 Å². The lowest BCUT2D eigenvalue weighted by atomic mass is 9.78. The maximum absolute atomic E-state index is 13.2. The lowest BCUT2D eigenvalue weighted by Gasteiger charge is -2.36. The minimum atomic E-state index is -1.02. The zero-order valence-corrected chi connectivity index (χ0v) is 43.9. The number of Topliss-reactive ketones (excluding diaryl/α,β-unsaturated/α-hetero) is 1. The molecule has 2 heterocycles. The first-order chi connectivity index (χ1) is 31.3. The van der Waals surface area contributed by atoms with Crippen molar-refractivity contribution in [2.45, 2.75) is 121 Å². The van der Waals surface area contributed by atoms with E-state index in [1.165, 1.54) is 24.6 Å². The van der Waals surface area contributed by atoms with Crippen LogP contribution in [0.2, 0.25) is 0 Å². The first-order valence-electron chi connectivity index (χ1n) is 22.6. The third-order valence-electron chi connectivity index (χ3n) is 10.6. The van der Waals surface area contributed by atoms with E-state index in [9.17, 15) is 29.2 Å². The highest BCUT2D eigenvalue weighted by molar-refractivity contribution is 6.67. The normalized spacial score (nSPS) is 14.8. The van der Waals surface area contributed by atoms with Crippen molar-refractivity contribution >= 4 is 82.8 Å². The molecule has 0 bridgehead atoms. The van der Waals surface area contributed by atoms with E-state index >= 15 is 0 Å². The summed E-state index contributed by atoms with van der Waals surface area (Å²) in [5.41, 5.74) is 10.6. The molecule has 67 heavy (non-hydrogen) atoms. The summed E-state index contributed by atoms with van der Waals surface area (Å²) < 4.78 is 10.3. The van der Waals surface area contributed by atoms with Crippen molar-refractivity contribution in [3.8, 4) is 0 Å². The number of nitrogens with one attached hydrogen (secondary N) is 2. The summed E-state index contributed by atoms with van der Waals surface area (Å²) in [7, 11) is -1.92. The number of hydrogen-bond donors (Lipinski definition) is 4. The van der Waals surface area contributed by atoms with Gasteiger partial charge in [-0.3, -0.25) is 24.6 Å². The van der Waals surface area contributed by atoms with Crippen LogP contribution in [-0.4, -0.2) is 99.6 Å². The van der Waals surface area contributed by atoms with Crippen LogP contribution in [0.1, 0.15) is 136 Å². The van der Waals surface area contributed by atoms with Crippen LogP contribution < -0.4 is 21.7 Å². The van der Waals surface area contributed by atoms with E-state index in [1.807, 2.05) is 80.5 Å². The molecule has 0 fully saturated rings. The van der Waals surface area contributed by atoms with E-state index < -0.39 is 30.9 Å². The number of hydrazine groups is 1. The van der Waals surface area contributed by atoms with E-state index in [1.54, 1.807) is 42.5 Å². The molecule has 366 valence electrons. The highest BCUT2D eigenvalue weighted by Crippen LogP contribution is 2.26. The molecule has 1 aliphatic carbocycles. The number of carbonyl (C=O) groups excluding carboxylic acids is 4. The third kappa shape index (κ3) is 20.0. The van der Waals surface area contributed by atoms with Crippen LogP contribution in [0.25, 0.3) is 0 Å². The van der Waals surface area contributed by atoms with E-state index in [0.717, 1.165) is 27.8 Å². The number of ketones is 1. The zero-order chi connectivity index (χ0) is 50.8. The molecule has 3 aromatic carbocycles. The van der Waals surface area contributed by atoms with Crippen molar-refractivity contribution in [3.05, 3.63) is 117 Å². The third-order valence-corrected chi connectivity index (χ3v) is 10.8. The van der Waals surface area contributed by atoms with Crippen molar-refractivity contribution in [1.29, 1.82) is 0 Å². The molecular formula is C50H71B2Cl3N4O8. The van der Waals surface area contributed by atoms with Crippen molar-refractivity contribution in [2.75, 3.05) is 31.5 Å². The molecule has 12 nitrogen and oxygen atoms in total. The van der Waals surface area contributed by atoms with E-state index in [-0.39, 0.29) is 28.5 Å². The van der Waals surface area contributed by atoms with E-state index in [4.69, 9.17) is 44.1 Å². The van der Waals surface area contributed by atoms with Crippen molar-refractivity contribution in [1.82, 2.24) is 20.7 Å². The molecule has 17 heteroatoms. The predicted molar refractivity (Wildman–Crippen MR) is 276 cm³/mol. The molecular weight excluding hydrogens is 913 g/mol. The Labute approximate surface area is 415 Å². The number of carbonyl (C=O) groups is 4. The summed E-state index contributed by atoms with van der Waals surface area (Å²) >= 11 is 14.8. The van der Waals surface area contributed by atoms with Crippen LogP contribution in [0.15, 0.2) is 77.9 Å². The van der Waals surface area contributed by atoms with Crippen LogP contribution in [0.5, 0.6) is 0 Å². The number of amides is 2. The quantitative estimate of drug-likeness (QED) is 0.0545. The molecule has 0 saturated heterocycles. The molecule has 2 amide bonds. The van der Waals surface area contributed by atoms with Crippen LogP contribution in [0.4, 0.5) is 0 Å². The fourth-order valence-electron chi connectivity index (χ4n) is 7.17. The van der Waals surface area contributed by atoms with Gasteiger partial charge < -0.3 is 29.6 Å². The van der Waals surface area contributed by atoms with Gasteiger partial charge in [0.05, 0.1) is 30.6 Å². The van der Waals surface area contributed by atoms with Gasteiger partial charge in [0.1, 0.15) is 0 Å². The lowest BCUT2D eigenvalue weighted by molar-refractivity contribution is -0.135. The SMILES string of the molecule is CC(C)(C)NCC(=O)c1ccc2c(c1)B(O)OC2.CC1=CC(C)CC(C(=O)N(NC(=O)c2ccc3c(c2)B(O)OC3)C(C)(C)C)=C1.CCN(CC)CC.Cc1cc(C)cc(C(=O)Cl)c1.ClCCl. The molecule has 0 radical (unpaired) electrons. The summed E-state index contributed by atoms with van der Waals surface area (Å²) in [4.78, 5) is 51.2. The smallest absolute Gasteiger partial charge is 0.423 e. The number of halogens is 3. The van der Waals surface area contributed by atoms with Gasteiger partial charge in [-0.05, 0) is 152 Å². The summed E-state index contributed by atoms with van der Waals surface area (Å²) in [6, 6.07) is 16.0. The first-order valence-corrected chi connectivity index (χ1v) is 24.0. The van der Waals surface area contributed by atoms with E-state index in [0.29, 0.717) is 59.4 Å². The van der Waals surface area contributed by atoms with Crippen molar-refractivity contribution in [3.63, 3.8) is 0 Å². The Bertz CT molecular complexity index is 2180. The first kappa shape index (κ1) is 59.3. The van der Waals surface area contributed by atoms with Gasteiger partial charge in [-0.1, -0.05) is 86.9 Å². The maximum Gasteiger partial charge on any atom is 0.491 e. The average Bonchev–Trinajstić information content (AvgIpc) is 3.82.